The van der Waals surface area contributed by atoms with Crippen molar-refractivity contribution >= 4 is 0 Å². The average molecular weight is 151 g/mol. The minimum atomic E-state index is 0.844. The zero-order valence-corrected chi connectivity index (χ0v) is 7.34. The molecule has 1 aliphatic heterocycles. The maximum atomic E-state index is 4.08. The van der Waals surface area contributed by atoms with E-state index in [1.807, 2.05) is 0 Å². The van der Waals surface area contributed by atoms with Crippen LogP contribution in [0.1, 0.15) is 25.7 Å². The van der Waals surface area contributed by atoms with Crippen LogP contribution in [0.25, 0.3) is 0 Å². The maximum absolute atomic E-state index is 4.08. The topological polar surface area (TPSA) is 3.24 Å². The van der Waals surface area contributed by atoms with Gasteiger partial charge in [0.1, 0.15) is 0 Å². The summed E-state index contributed by atoms with van der Waals surface area (Å²) < 4.78 is 0. The van der Waals surface area contributed by atoms with Crippen LogP contribution in [0.15, 0.2) is 12.2 Å². The molecule has 0 aromatic carbocycles. The largest absolute Gasteiger partial charge is 0.303 e. The van der Waals surface area contributed by atoms with Crippen LogP contribution >= 0.6 is 0 Å². The van der Waals surface area contributed by atoms with Gasteiger partial charge >= 0.3 is 0 Å². The molecule has 1 saturated heterocycles. The van der Waals surface area contributed by atoms with E-state index in [0.29, 0.717) is 0 Å². The highest BCUT2D eigenvalue weighted by Gasteiger charge is 2.34. The summed E-state index contributed by atoms with van der Waals surface area (Å²) in [5, 5.41) is 0. The van der Waals surface area contributed by atoms with Crippen molar-refractivity contribution in [2.75, 3.05) is 13.6 Å². The molecule has 1 saturated carbocycles. The molecule has 0 radical (unpaired) electrons. The van der Waals surface area contributed by atoms with Gasteiger partial charge in [-0.1, -0.05) is 12.2 Å². The van der Waals surface area contributed by atoms with E-state index in [9.17, 15) is 0 Å². The van der Waals surface area contributed by atoms with Gasteiger partial charge in [-0.3, -0.25) is 0 Å². The number of rotatable bonds is 0. The van der Waals surface area contributed by atoms with Crippen LogP contribution in [0.2, 0.25) is 0 Å². The lowest BCUT2D eigenvalue weighted by Gasteiger charge is -2.30. The van der Waals surface area contributed by atoms with Crippen molar-refractivity contribution in [2.24, 2.45) is 5.92 Å². The summed E-state index contributed by atoms with van der Waals surface area (Å²) in [5.74, 6) is 0.991. The highest BCUT2D eigenvalue weighted by Crippen LogP contribution is 2.36. The first-order chi connectivity index (χ1) is 5.27. The van der Waals surface area contributed by atoms with Gasteiger partial charge in [0.05, 0.1) is 0 Å². The molecular weight excluding hydrogens is 134 g/mol. The van der Waals surface area contributed by atoms with Crippen LogP contribution in [0.4, 0.5) is 0 Å². The molecule has 2 fully saturated rings. The molecule has 11 heavy (non-hydrogen) atoms. The third kappa shape index (κ3) is 1.22. The number of hydrogen-bond acceptors (Lipinski definition) is 1. The fourth-order valence-electron chi connectivity index (χ4n) is 2.53. The van der Waals surface area contributed by atoms with E-state index in [1.54, 1.807) is 0 Å². The van der Waals surface area contributed by atoms with Crippen molar-refractivity contribution in [1.82, 2.24) is 4.90 Å². The number of fused-ring (bicyclic) bond motifs is 1. The van der Waals surface area contributed by atoms with Gasteiger partial charge in [-0.25, -0.2) is 0 Å². The molecule has 1 nitrogen and oxygen atoms in total. The van der Waals surface area contributed by atoms with Gasteiger partial charge in [-0.2, -0.15) is 0 Å². The second-order valence-electron chi connectivity index (χ2n) is 4.09. The molecule has 2 unspecified atom stereocenters. The minimum absolute atomic E-state index is 0.844. The van der Waals surface area contributed by atoms with Gasteiger partial charge in [-0.15, -0.1) is 0 Å². The highest BCUT2D eigenvalue weighted by molar-refractivity contribution is 5.06. The van der Waals surface area contributed by atoms with Gasteiger partial charge < -0.3 is 4.90 Å². The summed E-state index contributed by atoms with van der Waals surface area (Å²) in [6, 6.07) is 0.844. The van der Waals surface area contributed by atoms with E-state index in [1.165, 1.54) is 37.8 Å². The van der Waals surface area contributed by atoms with E-state index in [2.05, 4.69) is 18.5 Å². The van der Waals surface area contributed by atoms with Gasteiger partial charge in [0.2, 0.25) is 0 Å². The normalized spacial score (nSPS) is 39.2. The third-order valence-corrected chi connectivity index (χ3v) is 3.33. The Labute approximate surface area is 69.1 Å². The van der Waals surface area contributed by atoms with E-state index < -0.39 is 0 Å². The molecule has 2 aliphatic rings. The molecule has 0 aromatic heterocycles. The van der Waals surface area contributed by atoms with Crippen molar-refractivity contribution in [3.05, 3.63) is 12.2 Å². The van der Waals surface area contributed by atoms with E-state index in [0.717, 1.165) is 12.0 Å². The Hall–Kier alpha value is -0.300. The van der Waals surface area contributed by atoms with Crippen molar-refractivity contribution in [3.63, 3.8) is 0 Å². The Balaban J connectivity index is 2.07. The molecule has 2 rings (SSSR count). The molecule has 0 aromatic rings. The summed E-state index contributed by atoms with van der Waals surface area (Å²) >= 11 is 0. The molecule has 1 heteroatoms. The van der Waals surface area contributed by atoms with Crippen LogP contribution < -0.4 is 0 Å². The van der Waals surface area contributed by atoms with Crippen molar-refractivity contribution in [2.45, 2.75) is 31.7 Å². The summed E-state index contributed by atoms with van der Waals surface area (Å²) in [5.41, 5.74) is 1.47. The lowest BCUT2D eigenvalue weighted by atomic mass is 9.83. The summed E-state index contributed by atoms with van der Waals surface area (Å²) in [7, 11) is 2.25. The summed E-state index contributed by atoms with van der Waals surface area (Å²) in [6.45, 7) is 5.39. The van der Waals surface area contributed by atoms with Crippen molar-refractivity contribution in [1.29, 1.82) is 0 Å². The van der Waals surface area contributed by atoms with Gasteiger partial charge in [0.25, 0.3) is 0 Å². The van der Waals surface area contributed by atoms with Crippen molar-refractivity contribution < 1.29 is 0 Å². The van der Waals surface area contributed by atoms with Crippen LogP contribution in [-0.2, 0) is 0 Å². The fraction of sp³-hybridized carbons (Fsp3) is 0.800. The SMILES string of the molecule is C=C1CCC2CCN(C)C2C1. The molecule has 2 atom stereocenters. The molecule has 1 heterocycles. The summed E-state index contributed by atoms with van der Waals surface area (Å²) in [6.07, 6.45) is 5.37. The van der Waals surface area contributed by atoms with E-state index >= 15 is 0 Å². The predicted molar refractivity (Wildman–Crippen MR) is 47.5 cm³/mol. The quantitative estimate of drug-likeness (QED) is 0.479. The van der Waals surface area contributed by atoms with Crippen molar-refractivity contribution in [3.8, 4) is 0 Å². The number of likely N-dealkylation sites (tertiary alicyclic amines) is 1. The van der Waals surface area contributed by atoms with Crippen LogP contribution in [0.3, 0.4) is 0 Å². The lowest BCUT2D eigenvalue weighted by Crippen LogP contribution is -2.32. The Morgan fingerprint density at radius 2 is 2.27 bits per heavy atom. The summed E-state index contributed by atoms with van der Waals surface area (Å²) in [4.78, 5) is 2.51. The predicted octanol–water partition coefficient (Wildman–Crippen LogP) is 2.05. The van der Waals surface area contributed by atoms with Crippen LogP contribution in [0, 0.1) is 5.92 Å². The zero-order chi connectivity index (χ0) is 7.84. The second-order valence-corrected chi connectivity index (χ2v) is 4.09. The Morgan fingerprint density at radius 3 is 3.09 bits per heavy atom. The van der Waals surface area contributed by atoms with Crippen LogP contribution in [0.5, 0.6) is 0 Å². The molecule has 62 valence electrons. The average Bonchev–Trinajstić information content (AvgIpc) is 2.33. The minimum Gasteiger partial charge on any atom is -0.303 e. The first-order valence-electron chi connectivity index (χ1n) is 4.64. The molecule has 0 bridgehead atoms. The zero-order valence-electron chi connectivity index (χ0n) is 7.34. The standard InChI is InChI=1S/C10H17N/c1-8-3-4-9-5-6-11(2)10(9)7-8/h9-10H,1,3-7H2,2H3. The van der Waals surface area contributed by atoms with Gasteiger partial charge in [0, 0.05) is 6.04 Å². The second kappa shape index (κ2) is 2.63. The Morgan fingerprint density at radius 1 is 1.45 bits per heavy atom. The first kappa shape index (κ1) is 7.35. The lowest BCUT2D eigenvalue weighted by molar-refractivity contribution is 0.243. The van der Waals surface area contributed by atoms with Gasteiger partial charge in [0.15, 0.2) is 0 Å². The van der Waals surface area contributed by atoms with Crippen LogP contribution in [-0.4, -0.2) is 24.5 Å². The molecular formula is C10H17N. The monoisotopic (exact) mass is 151 g/mol. The number of hydrogen-bond donors (Lipinski definition) is 0. The third-order valence-electron chi connectivity index (χ3n) is 3.33. The fourth-order valence-corrected chi connectivity index (χ4v) is 2.53. The van der Waals surface area contributed by atoms with Gasteiger partial charge in [-0.05, 0) is 45.2 Å². The molecule has 0 amide bonds. The molecule has 0 spiro atoms. The highest BCUT2D eigenvalue weighted by atomic mass is 15.2. The Bertz CT molecular complexity index is 174. The Kier molecular flexibility index (Phi) is 1.76. The van der Waals surface area contributed by atoms with E-state index in [4.69, 9.17) is 0 Å². The molecule has 1 aliphatic carbocycles. The molecule has 0 N–H and O–H groups in total. The maximum Gasteiger partial charge on any atom is 0.0158 e. The smallest absolute Gasteiger partial charge is 0.0158 e. The van der Waals surface area contributed by atoms with E-state index in [-0.39, 0.29) is 0 Å². The first-order valence-corrected chi connectivity index (χ1v) is 4.64. The number of nitrogens with zero attached hydrogens (tertiary/aromatic N) is 1.